The van der Waals surface area contributed by atoms with Crippen LogP contribution in [0.25, 0.3) is 0 Å². The second kappa shape index (κ2) is 11.4. The molecule has 10 heteroatoms. The highest BCUT2D eigenvalue weighted by molar-refractivity contribution is 14.0. The van der Waals surface area contributed by atoms with Crippen LogP contribution in [0.4, 0.5) is 0 Å². The summed E-state index contributed by atoms with van der Waals surface area (Å²) in [4.78, 5) is 6.42. The lowest BCUT2D eigenvalue weighted by Gasteiger charge is -2.13. The quantitative estimate of drug-likeness (QED) is 0.237. The highest BCUT2D eigenvalue weighted by Crippen LogP contribution is 2.24. The molecule has 0 fully saturated rings. The minimum atomic E-state index is -3.38. The first-order chi connectivity index (χ1) is 12.8. The van der Waals surface area contributed by atoms with Crippen molar-refractivity contribution in [2.45, 2.75) is 29.1 Å². The maximum Gasteiger partial charge on any atom is 0.252 e. The number of halogens is 1. The van der Waals surface area contributed by atoms with E-state index < -0.39 is 10.0 Å². The highest BCUT2D eigenvalue weighted by Gasteiger charge is 2.19. The van der Waals surface area contributed by atoms with E-state index in [1.165, 1.54) is 45.8 Å². The molecule has 0 unspecified atom stereocenters. The molecule has 28 heavy (non-hydrogen) atoms. The summed E-state index contributed by atoms with van der Waals surface area (Å²) < 4.78 is 25.9. The van der Waals surface area contributed by atoms with E-state index in [0.29, 0.717) is 23.3 Å². The van der Waals surface area contributed by atoms with Crippen LogP contribution >= 0.6 is 47.1 Å². The van der Waals surface area contributed by atoms with E-state index in [9.17, 15) is 8.42 Å². The van der Waals surface area contributed by atoms with Crippen molar-refractivity contribution in [1.82, 2.24) is 14.9 Å². The Morgan fingerprint density at radius 3 is 2.46 bits per heavy atom. The molecule has 2 rings (SSSR count). The molecular weight excluding hydrogens is 527 g/mol. The average molecular weight is 555 g/mol. The lowest BCUT2D eigenvalue weighted by Crippen LogP contribution is -2.36. The predicted molar refractivity (Wildman–Crippen MR) is 131 cm³/mol. The Labute approximate surface area is 193 Å². The maximum atomic E-state index is 12.2. The summed E-state index contributed by atoms with van der Waals surface area (Å²) in [5.74, 6) is 0.674. The number of guanidine groups is 1. The zero-order valence-electron chi connectivity index (χ0n) is 16.6. The van der Waals surface area contributed by atoms with E-state index in [1.807, 2.05) is 6.07 Å². The Bertz CT molecular complexity index is 911. The maximum absolute atomic E-state index is 12.2. The number of sulfonamides is 1. The van der Waals surface area contributed by atoms with Crippen molar-refractivity contribution < 1.29 is 8.42 Å². The number of thioether (sulfide) groups is 1. The molecule has 0 radical (unpaired) electrons. The summed E-state index contributed by atoms with van der Waals surface area (Å²) in [7, 11) is 1.41. The summed E-state index contributed by atoms with van der Waals surface area (Å²) in [5, 5.41) is 6.54. The number of benzene rings is 1. The van der Waals surface area contributed by atoms with Gasteiger partial charge in [0, 0.05) is 37.5 Å². The molecule has 0 aliphatic carbocycles. The Hall–Kier alpha value is -0.820. The van der Waals surface area contributed by atoms with Gasteiger partial charge in [-0.15, -0.1) is 47.1 Å². The molecule has 0 aliphatic rings. The van der Waals surface area contributed by atoms with Crippen molar-refractivity contribution in [3.8, 4) is 0 Å². The number of rotatable bonds is 7. The number of hydrogen-bond acceptors (Lipinski definition) is 5. The van der Waals surface area contributed by atoms with E-state index >= 15 is 0 Å². The van der Waals surface area contributed by atoms with Gasteiger partial charge in [-0.25, -0.2) is 12.7 Å². The first-order valence-electron chi connectivity index (χ1n) is 8.37. The molecule has 0 atom stereocenters. The molecule has 2 aromatic rings. The number of aliphatic imine (C=N–C) groups is 1. The lowest BCUT2D eigenvalue weighted by molar-refractivity contribution is 0.523. The average Bonchev–Trinajstić information content (AvgIpc) is 3.12. The van der Waals surface area contributed by atoms with E-state index in [-0.39, 0.29) is 24.0 Å². The first kappa shape index (κ1) is 25.2. The predicted octanol–water partition coefficient (Wildman–Crippen LogP) is 3.51. The molecule has 0 spiro atoms. The molecule has 1 heterocycles. The van der Waals surface area contributed by atoms with E-state index in [1.54, 1.807) is 24.9 Å². The van der Waals surface area contributed by atoms with Crippen LogP contribution in [0.1, 0.15) is 16.0 Å². The van der Waals surface area contributed by atoms with Crippen molar-refractivity contribution in [2.75, 3.05) is 27.4 Å². The first-order valence-corrected chi connectivity index (χ1v) is 11.9. The largest absolute Gasteiger partial charge is 0.352 e. The van der Waals surface area contributed by atoms with Gasteiger partial charge in [-0.05, 0) is 42.5 Å². The molecule has 1 aromatic heterocycles. The highest BCUT2D eigenvalue weighted by atomic mass is 127. The third kappa shape index (κ3) is 6.61. The fraction of sp³-hybridized carbons (Fsp3) is 0.389. The number of thiophene rings is 1. The summed E-state index contributed by atoms with van der Waals surface area (Å²) in [6.45, 7) is 3.26. The van der Waals surface area contributed by atoms with Gasteiger partial charge in [0.2, 0.25) is 0 Å². The third-order valence-electron chi connectivity index (χ3n) is 3.91. The molecule has 0 saturated heterocycles. The zero-order valence-corrected chi connectivity index (χ0v) is 21.4. The molecule has 0 amide bonds. The lowest BCUT2D eigenvalue weighted by atomic mass is 10.1. The van der Waals surface area contributed by atoms with Gasteiger partial charge in [0.15, 0.2) is 5.96 Å². The van der Waals surface area contributed by atoms with Crippen molar-refractivity contribution in [3.63, 3.8) is 0 Å². The second-order valence-electron chi connectivity index (χ2n) is 6.10. The Morgan fingerprint density at radius 1 is 1.18 bits per heavy atom. The van der Waals surface area contributed by atoms with Crippen LogP contribution in [0.5, 0.6) is 0 Å². The smallest absolute Gasteiger partial charge is 0.252 e. The number of nitrogens with zero attached hydrogens (tertiary/aromatic N) is 2. The molecular formula is C18H27IN4O2S3. The normalized spacial score (nSPS) is 12.0. The minimum Gasteiger partial charge on any atom is -0.352 e. The minimum absolute atomic E-state index is 0. The molecule has 6 nitrogen and oxygen atoms in total. The van der Waals surface area contributed by atoms with Crippen molar-refractivity contribution >= 4 is 63.1 Å². The van der Waals surface area contributed by atoms with Crippen LogP contribution in [0.3, 0.4) is 0 Å². The number of hydrogen-bond donors (Lipinski definition) is 2. The summed E-state index contributed by atoms with van der Waals surface area (Å²) in [5.41, 5.74) is 2.46. The summed E-state index contributed by atoms with van der Waals surface area (Å²) >= 11 is 2.99. The van der Waals surface area contributed by atoms with Gasteiger partial charge >= 0.3 is 0 Å². The van der Waals surface area contributed by atoms with Crippen molar-refractivity contribution in [1.29, 1.82) is 0 Å². The molecule has 0 aliphatic heterocycles. The molecule has 156 valence electrons. The molecule has 0 saturated carbocycles. The van der Waals surface area contributed by atoms with Crippen LogP contribution in [-0.2, 0) is 23.1 Å². The summed E-state index contributed by atoms with van der Waals surface area (Å²) in [6, 6.07) is 9.87. The monoisotopic (exact) mass is 554 g/mol. The molecule has 2 N–H and O–H groups in total. The van der Waals surface area contributed by atoms with Gasteiger partial charge in [-0.1, -0.05) is 12.1 Å². The van der Waals surface area contributed by atoms with Crippen LogP contribution < -0.4 is 10.6 Å². The van der Waals surface area contributed by atoms with Crippen molar-refractivity contribution in [2.24, 2.45) is 4.99 Å². The summed E-state index contributed by atoms with van der Waals surface area (Å²) in [6.07, 6.45) is 2.07. The van der Waals surface area contributed by atoms with Crippen molar-refractivity contribution in [3.05, 3.63) is 46.3 Å². The van der Waals surface area contributed by atoms with Gasteiger partial charge in [-0.3, -0.25) is 4.99 Å². The Morgan fingerprint density at radius 2 is 1.86 bits per heavy atom. The van der Waals surface area contributed by atoms with Crippen LogP contribution in [0.15, 0.2) is 44.4 Å². The van der Waals surface area contributed by atoms with Crippen LogP contribution in [0.2, 0.25) is 0 Å². The molecule has 1 aromatic carbocycles. The standard InChI is InChI=1S/C18H26N4O2S3.HI/c1-13-6-7-14(16(10-13)25-5)11-20-18(19-2)21-12-15-8-9-17(26-15)27(23,24)22(3)4;/h6-10H,11-12H2,1-5H3,(H2,19,20,21);1H. The Kier molecular flexibility index (Phi) is 10.3. The zero-order chi connectivity index (χ0) is 20.0. The number of aryl methyl sites for hydroxylation is 1. The fourth-order valence-electron chi connectivity index (χ4n) is 2.34. The van der Waals surface area contributed by atoms with Gasteiger partial charge in [0.1, 0.15) is 4.21 Å². The third-order valence-corrected chi connectivity index (χ3v) is 8.10. The SMILES string of the molecule is CN=C(NCc1ccc(S(=O)(=O)N(C)C)s1)NCc1ccc(C)cc1SC.I. The van der Waals surface area contributed by atoms with Gasteiger partial charge in [0.05, 0.1) is 6.54 Å². The number of nitrogens with one attached hydrogen (secondary N) is 2. The van der Waals surface area contributed by atoms with E-state index in [0.717, 1.165) is 4.88 Å². The van der Waals surface area contributed by atoms with Gasteiger partial charge in [-0.2, -0.15) is 0 Å². The molecule has 0 bridgehead atoms. The Balaban J connectivity index is 0.00000392. The fourth-order valence-corrected chi connectivity index (χ4v) is 5.51. The van der Waals surface area contributed by atoms with E-state index in [2.05, 4.69) is 47.0 Å². The topological polar surface area (TPSA) is 73.8 Å². The van der Waals surface area contributed by atoms with Gasteiger partial charge < -0.3 is 10.6 Å². The van der Waals surface area contributed by atoms with Crippen LogP contribution in [-0.4, -0.2) is 46.1 Å². The second-order valence-corrected chi connectivity index (χ2v) is 10.5. The van der Waals surface area contributed by atoms with E-state index in [4.69, 9.17) is 0 Å². The van der Waals surface area contributed by atoms with Crippen LogP contribution in [0, 0.1) is 6.92 Å². The van der Waals surface area contributed by atoms with Gasteiger partial charge in [0.25, 0.3) is 10.0 Å².